The van der Waals surface area contributed by atoms with E-state index in [0.717, 1.165) is 22.4 Å². The number of thioether (sulfide) groups is 1. The van der Waals surface area contributed by atoms with Gasteiger partial charge < -0.3 is 0 Å². The van der Waals surface area contributed by atoms with Gasteiger partial charge in [0.15, 0.2) is 5.16 Å². The van der Waals surface area contributed by atoms with Gasteiger partial charge in [-0.25, -0.2) is 4.98 Å². The molecule has 2 heterocycles. The van der Waals surface area contributed by atoms with Crippen LogP contribution in [0.1, 0.15) is 35.4 Å². The Morgan fingerprint density at radius 2 is 2.00 bits per heavy atom. The number of nitriles is 1. The van der Waals surface area contributed by atoms with Crippen molar-refractivity contribution in [3.8, 4) is 6.07 Å². The normalized spacial score (nSPS) is 12.3. The van der Waals surface area contributed by atoms with Gasteiger partial charge in [-0.05, 0) is 38.3 Å². The van der Waals surface area contributed by atoms with Crippen molar-refractivity contribution in [2.75, 3.05) is 0 Å². The lowest BCUT2D eigenvalue weighted by molar-refractivity contribution is 0.658. The van der Waals surface area contributed by atoms with Crippen LogP contribution >= 0.6 is 23.1 Å². The van der Waals surface area contributed by atoms with Crippen LogP contribution in [0.15, 0.2) is 34.2 Å². The van der Waals surface area contributed by atoms with E-state index < -0.39 is 0 Å². The molecule has 0 spiro atoms. The average Bonchev–Trinajstić information content (AvgIpc) is 2.95. The maximum absolute atomic E-state index is 13.3. The smallest absolute Gasteiger partial charge is 0.263 e. The predicted molar refractivity (Wildman–Crippen MR) is 109 cm³/mol. The molecule has 0 amide bonds. The molecule has 134 valence electrons. The minimum Gasteiger partial charge on any atom is -0.282 e. The first-order valence-electron chi connectivity index (χ1n) is 8.59. The highest BCUT2D eigenvalue weighted by molar-refractivity contribution is 8.00. The van der Waals surface area contributed by atoms with Gasteiger partial charge in [-0.2, -0.15) is 5.26 Å². The van der Waals surface area contributed by atoms with Gasteiger partial charge in [0.05, 0.1) is 23.3 Å². The summed E-state index contributed by atoms with van der Waals surface area (Å²) in [6.07, 6.45) is 0.890. The topological polar surface area (TPSA) is 58.7 Å². The first kappa shape index (κ1) is 18.7. The maximum Gasteiger partial charge on any atom is 0.263 e. The number of aryl methyl sites for hydroxylation is 3. The lowest BCUT2D eigenvalue weighted by Gasteiger charge is -2.13. The van der Waals surface area contributed by atoms with Crippen molar-refractivity contribution in [2.45, 2.75) is 51.1 Å². The number of fused-ring (bicyclic) bond motifs is 1. The maximum atomic E-state index is 13.3. The van der Waals surface area contributed by atoms with Crippen molar-refractivity contribution >= 4 is 33.3 Å². The molecule has 0 radical (unpaired) electrons. The van der Waals surface area contributed by atoms with E-state index >= 15 is 0 Å². The third kappa shape index (κ3) is 3.55. The Labute approximate surface area is 161 Å². The predicted octanol–water partition coefficient (Wildman–Crippen LogP) is 4.69. The molecular weight excluding hydrogens is 362 g/mol. The molecule has 6 heteroatoms. The van der Waals surface area contributed by atoms with Crippen LogP contribution in [0.2, 0.25) is 0 Å². The molecule has 0 unspecified atom stereocenters. The van der Waals surface area contributed by atoms with Crippen molar-refractivity contribution in [2.24, 2.45) is 0 Å². The Morgan fingerprint density at radius 3 is 2.62 bits per heavy atom. The van der Waals surface area contributed by atoms with Crippen molar-refractivity contribution in [1.29, 1.82) is 5.26 Å². The highest BCUT2D eigenvalue weighted by atomic mass is 32.2. The van der Waals surface area contributed by atoms with E-state index in [1.165, 1.54) is 22.2 Å². The van der Waals surface area contributed by atoms with Gasteiger partial charge in [-0.3, -0.25) is 9.36 Å². The fraction of sp³-hybridized carbons (Fsp3) is 0.350. The SMILES string of the molecule is CCc1sc2nc(S[C@H](C)C#N)n(Cc3ccc(C)cc3)c(=O)c2c1C. The van der Waals surface area contributed by atoms with Crippen molar-refractivity contribution in [3.63, 3.8) is 0 Å². The molecule has 0 aliphatic rings. The van der Waals surface area contributed by atoms with E-state index in [1.807, 2.05) is 45.0 Å². The number of benzene rings is 1. The van der Waals surface area contributed by atoms with Crippen LogP contribution in [-0.4, -0.2) is 14.8 Å². The molecule has 0 bridgehead atoms. The van der Waals surface area contributed by atoms with Gasteiger partial charge in [0.25, 0.3) is 5.56 Å². The van der Waals surface area contributed by atoms with Crippen molar-refractivity contribution in [1.82, 2.24) is 9.55 Å². The van der Waals surface area contributed by atoms with E-state index in [0.29, 0.717) is 17.1 Å². The Bertz CT molecular complexity index is 1040. The summed E-state index contributed by atoms with van der Waals surface area (Å²) in [6.45, 7) is 8.42. The van der Waals surface area contributed by atoms with Gasteiger partial charge >= 0.3 is 0 Å². The second-order valence-electron chi connectivity index (χ2n) is 6.34. The van der Waals surface area contributed by atoms with Crippen LogP contribution in [0.5, 0.6) is 0 Å². The molecule has 4 nitrogen and oxygen atoms in total. The third-order valence-electron chi connectivity index (χ3n) is 4.36. The summed E-state index contributed by atoms with van der Waals surface area (Å²) in [5, 5.41) is 10.3. The quantitative estimate of drug-likeness (QED) is 0.474. The number of hydrogen-bond acceptors (Lipinski definition) is 5. The third-order valence-corrected chi connectivity index (χ3v) is 6.67. The van der Waals surface area contributed by atoms with Crippen LogP contribution in [-0.2, 0) is 13.0 Å². The van der Waals surface area contributed by atoms with E-state index in [4.69, 9.17) is 4.98 Å². The molecular formula is C20H21N3OS2. The zero-order valence-electron chi connectivity index (χ0n) is 15.4. The van der Waals surface area contributed by atoms with Crippen LogP contribution in [0.3, 0.4) is 0 Å². The van der Waals surface area contributed by atoms with Gasteiger partial charge in [-0.1, -0.05) is 48.5 Å². The Morgan fingerprint density at radius 1 is 1.31 bits per heavy atom. The monoisotopic (exact) mass is 383 g/mol. The summed E-state index contributed by atoms with van der Waals surface area (Å²) in [4.78, 5) is 20.0. The molecule has 0 aliphatic heterocycles. The Kier molecular flexibility index (Phi) is 5.49. The number of nitrogens with zero attached hydrogens (tertiary/aromatic N) is 3. The average molecular weight is 384 g/mol. The molecule has 0 saturated carbocycles. The fourth-order valence-corrected chi connectivity index (χ4v) is 4.82. The minimum absolute atomic E-state index is 0.0170. The number of hydrogen-bond donors (Lipinski definition) is 0. The zero-order chi connectivity index (χ0) is 18.8. The number of aromatic nitrogens is 2. The van der Waals surface area contributed by atoms with Gasteiger partial charge in [0, 0.05) is 4.88 Å². The van der Waals surface area contributed by atoms with Crippen LogP contribution < -0.4 is 5.56 Å². The van der Waals surface area contributed by atoms with Crippen LogP contribution in [0.4, 0.5) is 0 Å². The molecule has 26 heavy (non-hydrogen) atoms. The summed E-state index contributed by atoms with van der Waals surface area (Å²) in [5.41, 5.74) is 3.25. The first-order valence-corrected chi connectivity index (χ1v) is 10.3. The second kappa shape index (κ2) is 7.65. The first-order chi connectivity index (χ1) is 12.4. The molecule has 1 aromatic carbocycles. The lowest BCUT2D eigenvalue weighted by atomic mass is 10.1. The van der Waals surface area contributed by atoms with Crippen LogP contribution in [0, 0.1) is 25.2 Å². The van der Waals surface area contributed by atoms with Crippen molar-refractivity contribution in [3.05, 3.63) is 56.2 Å². The molecule has 0 aliphatic carbocycles. The van der Waals surface area contributed by atoms with Gasteiger partial charge in [0.1, 0.15) is 4.83 Å². The summed E-state index contributed by atoms with van der Waals surface area (Å²) in [6, 6.07) is 10.4. The standard InChI is InChI=1S/C20H21N3OS2/c1-5-16-14(4)17-18(26-16)22-20(25-13(3)10-21)23(19(17)24)11-15-8-6-12(2)7-9-15/h6-9,13H,5,11H2,1-4H3/t13-/m1/s1. The Hall–Kier alpha value is -2.10. The number of thiophene rings is 1. The highest BCUT2D eigenvalue weighted by Gasteiger charge is 2.19. The summed E-state index contributed by atoms with van der Waals surface area (Å²) < 4.78 is 1.71. The lowest BCUT2D eigenvalue weighted by Crippen LogP contribution is -2.24. The highest BCUT2D eigenvalue weighted by Crippen LogP contribution is 2.30. The van der Waals surface area contributed by atoms with Crippen LogP contribution in [0.25, 0.3) is 10.2 Å². The molecule has 0 N–H and O–H groups in total. The molecule has 0 fully saturated rings. The van der Waals surface area contributed by atoms with Crippen molar-refractivity contribution < 1.29 is 0 Å². The zero-order valence-corrected chi connectivity index (χ0v) is 17.0. The minimum atomic E-state index is -0.268. The number of rotatable bonds is 5. The van der Waals surface area contributed by atoms with E-state index in [1.54, 1.807) is 15.9 Å². The summed E-state index contributed by atoms with van der Waals surface area (Å²) in [7, 11) is 0. The summed E-state index contributed by atoms with van der Waals surface area (Å²) >= 11 is 2.92. The Balaban J connectivity index is 2.19. The molecule has 1 atom stereocenters. The van der Waals surface area contributed by atoms with Gasteiger partial charge in [0.2, 0.25) is 0 Å². The molecule has 3 aromatic rings. The second-order valence-corrected chi connectivity index (χ2v) is 8.74. The molecule has 2 aromatic heterocycles. The van der Waals surface area contributed by atoms with E-state index in [9.17, 15) is 10.1 Å². The van der Waals surface area contributed by atoms with E-state index in [2.05, 4.69) is 13.0 Å². The largest absolute Gasteiger partial charge is 0.282 e. The molecule has 3 rings (SSSR count). The van der Waals surface area contributed by atoms with E-state index in [-0.39, 0.29) is 10.8 Å². The fourth-order valence-electron chi connectivity index (χ4n) is 2.87. The summed E-state index contributed by atoms with van der Waals surface area (Å²) in [5.74, 6) is 0. The van der Waals surface area contributed by atoms with Gasteiger partial charge in [-0.15, -0.1) is 11.3 Å². The molecule has 0 saturated heterocycles.